The van der Waals surface area contributed by atoms with E-state index in [-0.39, 0.29) is 6.04 Å². The minimum atomic E-state index is -0.532. The Morgan fingerprint density at radius 3 is 2.69 bits per heavy atom. The number of benzene rings is 2. The molecular weight excluding hydrogens is 334 g/mol. The number of hydrogen-bond acceptors (Lipinski definition) is 2. The number of fused-ring (bicyclic) bond motifs is 3. The van der Waals surface area contributed by atoms with Crippen molar-refractivity contribution in [2.24, 2.45) is 0 Å². The molecule has 2 heterocycles. The van der Waals surface area contributed by atoms with Crippen molar-refractivity contribution in [2.45, 2.75) is 25.9 Å². The SMILES string of the molecule is CC1c2c(n(CCOc3ccccc3)c3c(F)cc(F)cc23)CCN1C. The van der Waals surface area contributed by atoms with E-state index in [4.69, 9.17) is 4.74 Å². The Hall–Kier alpha value is -2.40. The highest BCUT2D eigenvalue weighted by molar-refractivity contribution is 5.87. The molecule has 2 aromatic carbocycles. The van der Waals surface area contributed by atoms with Gasteiger partial charge in [0.25, 0.3) is 0 Å². The van der Waals surface area contributed by atoms with Crippen LogP contribution < -0.4 is 4.74 Å². The Morgan fingerprint density at radius 2 is 1.92 bits per heavy atom. The Labute approximate surface area is 151 Å². The van der Waals surface area contributed by atoms with Gasteiger partial charge >= 0.3 is 0 Å². The van der Waals surface area contributed by atoms with E-state index in [0.717, 1.165) is 36.0 Å². The molecule has 0 N–H and O–H groups in total. The van der Waals surface area contributed by atoms with Crippen LogP contribution >= 0.6 is 0 Å². The maximum atomic E-state index is 14.7. The third kappa shape index (κ3) is 2.86. The van der Waals surface area contributed by atoms with Crippen LogP contribution in [0.5, 0.6) is 5.75 Å². The molecular formula is C21H22F2N2O. The van der Waals surface area contributed by atoms with Gasteiger partial charge in [0.15, 0.2) is 0 Å². The van der Waals surface area contributed by atoms with Crippen LogP contribution in [0, 0.1) is 11.6 Å². The minimum Gasteiger partial charge on any atom is -0.492 e. The predicted molar refractivity (Wildman–Crippen MR) is 98.5 cm³/mol. The highest BCUT2D eigenvalue weighted by atomic mass is 19.1. The standard InChI is InChI=1S/C21H22F2N2O/c1-14-20-17-12-15(22)13-18(23)21(17)25(19(20)8-9-24(14)2)10-11-26-16-6-4-3-5-7-16/h3-7,12-14H,8-11H2,1-2H3. The zero-order valence-electron chi connectivity index (χ0n) is 15.0. The van der Waals surface area contributed by atoms with E-state index in [2.05, 4.69) is 11.8 Å². The highest BCUT2D eigenvalue weighted by Crippen LogP contribution is 2.38. The largest absolute Gasteiger partial charge is 0.492 e. The molecule has 1 atom stereocenters. The molecule has 1 aliphatic heterocycles. The molecule has 1 aliphatic rings. The van der Waals surface area contributed by atoms with Crippen molar-refractivity contribution in [2.75, 3.05) is 20.2 Å². The van der Waals surface area contributed by atoms with E-state index in [1.54, 1.807) is 0 Å². The minimum absolute atomic E-state index is 0.124. The summed E-state index contributed by atoms with van der Waals surface area (Å²) in [6.45, 7) is 3.94. The van der Waals surface area contributed by atoms with Crippen LogP contribution in [0.3, 0.4) is 0 Å². The van der Waals surface area contributed by atoms with Gasteiger partial charge in [-0.2, -0.15) is 0 Å². The number of ether oxygens (including phenoxy) is 1. The number of halogens is 2. The molecule has 0 bridgehead atoms. The van der Waals surface area contributed by atoms with Crippen LogP contribution in [-0.2, 0) is 13.0 Å². The average Bonchev–Trinajstić information content (AvgIpc) is 2.93. The summed E-state index contributed by atoms with van der Waals surface area (Å²) in [6, 6.07) is 12.1. The summed E-state index contributed by atoms with van der Waals surface area (Å²) in [4.78, 5) is 2.22. The third-order valence-corrected chi connectivity index (χ3v) is 5.33. The van der Waals surface area contributed by atoms with Crippen LogP contribution in [0.15, 0.2) is 42.5 Å². The Morgan fingerprint density at radius 1 is 1.15 bits per heavy atom. The number of nitrogens with zero attached hydrogens (tertiary/aromatic N) is 2. The van der Waals surface area contributed by atoms with E-state index in [0.29, 0.717) is 24.1 Å². The molecule has 0 aliphatic carbocycles. The van der Waals surface area contributed by atoms with Gasteiger partial charge < -0.3 is 9.30 Å². The Bertz CT molecular complexity index is 936. The number of hydrogen-bond donors (Lipinski definition) is 0. The molecule has 5 heteroatoms. The van der Waals surface area contributed by atoms with E-state index >= 15 is 0 Å². The quantitative estimate of drug-likeness (QED) is 0.682. The summed E-state index contributed by atoms with van der Waals surface area (Å²) in [5, 5.41) is 0.677. The average molecular weight is 356 g/mol. The summed E-state index contributed by atoms with van der Waals surface area (Å²) >= 11 is 0. The molecule has 0 amide bonds. The van der Waals surface area contributed by atoms with Gasteiger partial charge in [-0.15, -0.1) is 0 Å². The summed E-state index contributed by atoms with van der Waals surface area (Å²) in [5.41, 5.74) is 2.61. The monoisotopic (exact) mass is 356 g/mol. The molecule has 3 aromatic rings. The van der Waals surface area contributed by atoms with Crippen LogP contribution in [0.1, 0.15) is 24.2 Å². The molecule has 1 aromatic heterocycles. The molecule has 26 heavy (non-hydrogen) atoms. The van der Waals surface area contributed by atoms with Gasteiger partial charge in [-0.1, -0.05) is 18.2 Å². The van der Waals surface area contributed by atoms with E-state index in [9.17, 15) is 8.78 Å². The molecule has 1 unspecified atom stereocenters. The zero-order chi connectivity index (χ0) is 18.3. The fraction of sp³-hybridized carbons (Fsp3) is 0.333. The van der Waals surface area contributed by atoms with Gasteiger partial charge in [-0.3, -0.25) is 4.90 Å². The van der Waals surface area contributed by atoms with Crippen molar-refractivity contribution in [1.82, 2.24) is 9.47 Å². The lowest BCUT2D eigenvalue weighted by atomic mass is 9.97. The van der Waals surface area contributed by atoms with Crippen LogP contribution in [0.25, 0.3) is 10.9 Å². The number of rotatable bonds is 4. The van der Waals surface area contributed by atoms with Gasteiger partial charge in [0, 0.05) is 36.2 Å². The first kappa shape index (κ1) is 17.0. The topological polar surface area (TPSA) is 17.4 Å². The predicted octanol–water partition coefficient (Wildman–Crippen LogP) is 4.55. The number of likely N-dealkylation sites (N-methyl/N-ethyl adjacent to an activating group) is 1. The van der Waals surface area contributed by atoms with Crippen molar-refractivity contribution >= 4 is 10.9 Å². The van der Waals surface area contributed by atoms with Gasteiger partial charge in [-0.25, -0.2) is 8.78 Å². The third-order valence-electron chi connectivity index (χ3n) is 5.33. The normalized spacial score (nSPS) is 17.5. The summed E-state index contributed by atoms with van der Waals surface area (Å²) in [5.74, 6) is -0.252. The molecule has 0 saturated heterocycles. The lowest BCUT2D eigenvalue weighted by Gasteiger charge is -2.31. The van der Waals surface area contributed by atoms with Crippen LogP contribution in [0.4, 0.5) is 8.78 Å². The summed E-state index contributed by atoms with van der Waals surface area (Å²) in [7, 11) is 2.05. The fourth-order valence-corrected chi connectivity index (χ4v) is 3.93. The van der Waals surface area contributed by atoms with E-state index in [1.165, 1.54) is 6.07 Å². The first-order chi connectivity index (χ1) is 12.6. The molecule has 136 valence electrons. The lowest BCUT2D eigenvalue weighted by molar-refractivity contribution is 0.242. The Kier molecular flexibility index (Phi) is 4.41. The van der Waals surface area contributed by atoms with Crippen LogP contribution in [-0.4, -0.2) is 29.7 Å². The van der Waals surface area contributed by atoms with Crippen molar-refractivity contribution in [3.05, 3.63) is 65.4 Å². The summed E-state index contributed by atoms with van der Waals surface area (Å²) < 4.78 is 36.3. The second-order valence-electron chi connectivity index (χ2n) is 6.86. The van der Waals surface area contributed by atoms with E-state index in [1.807, 2.05) is 41.9 Å². The fourth-order valence-electron chi connectivity index (χ4n) is 3.93. The molecule has 0 spiro atoms. The zero-order valence-corrected chi connectivity index (χ0v) is 15.0. The molecule has 4 rings (SSSR count). The lowest BCUT2D eigenvalue weighted by Crippen LogP contribution is -2.31. The Balaban J connectivity index is 1.74. The van der Waals surface area contributed by atoms with E-state index < -0.39 is 11.6 Å². The number of para-hydroxylation sites is 1. The number of aromatic nitrogens is 1. The maximum Gasteiger partial charge on any atom is 0.150 e. The van der Waals surface area contributed by atoms with Crippen LogP contribution in [0.2, 0.25) is 0 Å². The molecule has 3 nitrogen and oxygen atoms in total. The van der Waals surface area contributed by atoms with Crippen molar-refractivity contribution in [3.63, 3.8) is 0 Å². The maximum absolute atomic E-state index is 14.7. The van der Waals surface area contributed by atoms with Gasteiger partial charge in [0.2, 0.25) is 0 Å². The van der Waals surface area contributed by atoms with Crippen molar-refractivity contribution < 1.29 is 13.5 Å². The summed E-state index contributed by atoms with van der Waals surface area (Å²) in [6.07, 6.45) is 0.817. The molecule has 0 saturated carbocycles. The second-order valence-corrected chi connectivity index (χ2v) is 6.86. The van der Waals surface area contributed by atoms with Gasteiger partial charge in [0.05, 0.1) is 12.1 Å². The highest BCUT2D eigenvalue weighted by Gasteiger charge is 2.29. The van der Waals surface area contributed by atoms with Crippen molar-refractivity contribution in [1.29, 1.82) is 0 Å². The smallest absolute Gasteiger partial charge is 0.150 e. The molecule has 0 fully saturated rings. The molecule has 0 radical (unpaired) electrons. The van der Waals surface area contributed by atoms with Crippen molar-refractivity contribution in [3.8, 4) is 5.75 Å². The second kappa shape index (κ2) is 6.72. The first-order valence-electron chi connectivity index (χ1n) is 8.94. The first-order valence-corrected chi connectivity index (χ1v) is 8.94. The van der Waals surface area contributed by atoms with Gasteiger partial charge in [-0.05, 0) is 37.7 Å². The van der Waals surface area contributed by atoms with Gasteiger partial charge in [0.1, 0.15) is 24.0 Å².